The Morgan fingerprint density at radius 2 is 2.06 bits per heavy atom. The molecule has 5 heteroatoms. The summed E-state index contributed by atoms with van der Waals surface area (Å²) in [4.78, 5) is 0. The summed E-state index contributed by atoms with van der Waals surface area (Å²) in [5.41, 5.74) is 6.03. The molecule has 0 radical (unpaired) electrons. The van der Waals surface area contributed by atoms with Gasteiger partial charge in [0.15, 0.2) is 0 Å². The number of hydrogen-bond acceptors (Lipinski definition) is 4. The van der Waals surface area contributed by atoms with Gasteiger partial charge in [0.1, 0.15) is 5.60 Å². The van der Waals surface area contributed by atoms with Crippen LogP contribution in [-0.4, -0.2) is 26.6 Å². The summed E-state index contributed by atoms with van der Waals surface area (Å²) < 4.78 is 1.62. The van der Waals surface area contributed by atoms with E-state index in [1.165, 1.54) is 0 Å². The van der Waals surface area contributed by atoms with Crippen molar-refractivity contribution in [2.45, 2.75) is 18.9 Å². The van der Waals surface area contributed by atoms with E-state index in [1.807, 2.05) is 37.3 Å². The highest BCUT2D eigenvalue weighted by molar-refractivity contribution is 5.33. The molecule has 1 heterocycles. The fourth-order valence-electron chi connectivity index (χ4n) is 1.74. The zero-order valence-electron chi connectivity index (χ0n) is 9.74. The Morgan fingerprint density at radius 3 is 2.65 bits per heavy atom. The fraction of sp³-hybridized carbons (Fsp3) is 0.333. The van der Waals surface area contributed by atoms with Crippen molar-refractivity contribution in [3.63, 3.8) is 0 Å². The quantitative estimate of drug-likeness (QED) is 0.818. The molecule has 3 N–H and O–H groups in total. The van der Waals surface area contributed by atoms with Crippen LogP contribution < -0.4 is 5.73 Å². The number of aliphatic hydroxyl groups is 1. The van der Waals surface area contributed by atoms with Crippen molar-refractivity contribution < 1.29 is 5.11 Å². The van der Waals surface area contributed by atoms with Crippen LogP contribution >= 0.6 is 0 Å². The summed E-state index contributed by atoms with van der Waals surface area (Å²) in [6.07, 6.45) is 2.08. The second-order valence-corrected chi connectivity index (χ2v) is 3.96. The van der Waals surface area contributed by atoms with Gasteiger partial charge >= 0.3 is 0 Å². The second-order valence-electron chi connectivity index (χ2n) is 3.96. The molecule has 0 fully saturated rings. The van der Waals surface area contributed by atoms with E-state index in [9.17, 15) is 5.11 Å². The Kier molecular flexibility index (Phi) is 3.21. The van der Waals surface area contributed by atoms with Gasteiger partial charge in [-0.15, -0.1) is 5.10 Å². The molecule has 1 atom stereocenters. The molecule has 0 spiro atoms. The Balaban J connectivity index is 2.49. The summed E-state index contributed by atoms with van der Waals surface area (Å²) in [5.74, 6) is 0. The van der Waals surface area contributed by atoms with Gasteiger partial charge in [-0.2, -0.15) is 0 Å². The predicted octanol–water partition coefficient (Wildman–Crippen LogP) is 0.824. The van der Waals surface area contributed by atoms with E-state index in [0.29, 0.717) is 12.1 Å². The highest BCUT2D eigenvalue weighted by Gasteiger charge is 2.30. The van der Waals surface area contributed by atoms with Crippen molar-refractivity contribution in [1.29, 1.82) is 0 Å². The minimum Gasteiger partial charge on any atom is -0.382 e. The van der Waals surface area contributed by atoms with Gasteiger partial charge in [0.05, 0.1) is 17.6 Å². The molecule has 0 bridgehead atoms. The maximum absolute atomic E-state index is 10.4. The molecule has 0 aliphatic rings. The van der Waals surface area contributed by atoms with Gasteiger partial charge < -0.3 is 10.8 Å². The molecule has 1 unspecified atom stereocenters. The van der Waals surface area contributed by atoms with E-state index in [4.69, 9.17) is 5.73 Å². The van der Waals surface area contributed by atoms with Crippen LogP contribution in [-0.2, 0) is 5.60 Å². The third-order valence-electron chi connectivity index (χ3n) is 2.95. The first kappa shape index (κ1) is 11.8. The molecular formula is C12H16N4O. The minimum absolute atomic E-state index is 0.143. The molecule has 90 valence electrons. The van der Waals surface area contributed by atoms with Gasteiger partial charge in [-0.25, -0.2) is 4.68 Å². The summed E-state index contributed by atoms with van der Waals surface area (Å²) in [6, 6.07) is 9.56. The van der Waals surface area contributed by atoms with Crippen LogP contribution in [0.25, 0.3) is 5.69 Å². The lowest BCUT2D eigenvalue weighted by atomic mass is 9.97. The zero-order valence-corrected chi connectivity index (χ0v) is 9.74. The SMILES string of the molecule is CCC(O)(CN)c1cnnn1-c1ccccc1. The highest BCUT2D eigenvalue weighted by atomic mass is 16.3. The van der Waals surface area contributed by atoms with Gasteiger partial charge in [0.25, 0.3) is 0 Å². The summed E-state index contributed by atoms with van der Waals surface area (Å²) in [7, 11) is 0. The van der Waals surface area contributed by atoms with Gasteiger partial charge in [-0.3, -0.25) is 0 Å². The maximum Gasteiger partial charge on any atom is 0.120 e. The van der Waals surface area contributed by atoms with Crippen LogP contribution in [0.5, 0.6) is 0 Å². The number of nitrogens with zero attached hydrogens (tertiary/aromatic N) is 3. The van der Waals surface area contributed by atoms with Crippen LogP contribution in [0.2, 0.25) is 0 Å². The predicted molar refractivity (Wildman–Crippen MR) is 64.6 cm³/mol. The fourth-order valence-corrected chi connectivity index (χ4v) is 1.74. The molecule has 5 nitrogen and oxygen atoms in total. The largest absolute Gasteiger partial charge is 0.382 e. The first-order valence-corrected chi connectivity index (χ1v) is 5.60. The standard InChI is InChI=1S/C12H16N4O/c1-2-12(17,9-13)11-8-14-15-16(11)10-6-4-3-5-7-10/h3-8,17H,2,9,13H2,1H3. The minimum atomic E-state index is -1.08. The van der Waals surface area contributed by atoms with Crippen LogP contribution in [0.15, 0.2) is 36.5 Å². The van der Waals surface area contributed by atoms with Crippen LogP contribution in [0.3, 0.4) is 0 Å². The van der Waals surface area contributed by atoms with Crippen molar-refractivity contribution in [3.05, 3.63) is 42.2 Å². The molecule has 1 aromatic heterocycles. The smallest absolute Gasteiger partial charge is 0.120 e. The van der Waals surface area contributed by atoms with Gasteiger partial charge in [0.2, 0.25) is 0 Å². The Morgan fingerprint density at radius 1 is 1.35 bits per heavy atom. The number of benzene rings is 1. The van der Waals surface area contributed by atoms with Gasteiger partial charge in [-0.05, 0) is 18.6 Å². The van der Waals surface area contributed by atoms with Crippen molar-refractivity contribution >= 4 is 0 Å². The van der Waals surface area contributed by atoms with E-state index >= 15 is 0 Å². The van der Waals surface area contributed by atoms with E-state index in [-0.39, 0.29) is 6.54 Å². The number of hydrogen-bond donors (Lipinski definition) is 2. The summed E-state index contributed by atoms with van der Waals surface area (Å²) in [5, 5.41) is 18.3. The average Bonchev–Trinajstić information content (AvgIpc) is 2.88. The monoisotopic (exact) mass is 232 g/mol. The third-order valence-corrected chi connectivity index (χ3v) is 2.95. The number of para-hydroxylation sites is 1. The molecule has 0 saturated heterocycles. The lowest BCUT2D eigenvalue weighted by Gasteiger charge is -2.24. The van der Waals surface area contributed by atoms with Crippen LogP contribution in [0.1, 0.15) is 19.0 Å². The lowest BCUT2D eigenvalue weighted by Crippen LogP contribution is -2.36. The molecule has 1 aromatic carbocycles. The second kappa shape index (κ2) is 4.65. The first-order valence-electron chi connectivity index (χ1n) is 5.60. The Bertz CT molecular complexity index is 476. The molecule has 2 aromatic rings. The zero-order chi connectivity index (χ0) is 12.3. The van der Waals surface area contributed by atoms with Crippen LogP contribution in [0.4, 0.5) is 0 Å². The molecule has 2 rings (SSSR count). The Labute approximate surface area is 99.9 Å². The van der Waals surface area contributed by atoms with Crippen molar-refractivity contribution in [2.24, 2.45) is 5.73 Å². The average molecular weight is 232 g/mol. The van der Waals surface area contributed by atoms with E-state index < -0.39 is 5.60 Å². The van der Waals surface area contributed by atoms with Crippen molar-refractivity contribution in [3.8, 4) is 5.69 Å². The molecule has 17 heavy (non-hydrogen) atoms. The number of aromatic nitrogens is 3. The van der Waals surface area contributed by atoms with E-state index in [0.717, 1.165) is 5.69 Å². The van der Waals surface area contributed by atoms with Crippen molar-refractivity contribution in [2.75, 3.05) is 6.54 Å². The summed E-state index contributed by atoms with van der Waals surface area (Å²) in [6.45, 7) is 2.03. The molecule has 0 amide bonds. The van der Waals surface area contributed by atoms with Crippen LogP contribution in [0, 0.1) is 0 Å². The first-order chi connectivity index (χ1) is 8.21. The lowest BCUT2D eigenvalue weighted by molar-refractivity contribution is 0.0350. The van der Waals surface area contributed by atoms with E-state index in [1.54, 1.807) is 10.9 Å². The number of rotatable bonds is 4. The third kappa shape index (κ3) is 2.07. The highest BCUT2D eigenvalue weighted by Crippen LogP contribution is 2.24. The summed E-state index contributed by atoms with van der Waals surface area (Å²) >= 11 is 0. The topological polar surface area (TPSA) is 77.0 Å². The molecule has 0 aliphatic heterocycles. The molecule has 0 saturated carbocycles. The number of nitrogens with two attached hydrogens (primary N) is 1. The van der Waals surface area contributed by atoms with Gasteiger partial charge in [0, 0.05) is 6.54 Å². The molecule has 0 aliphatic carbocycles. The van der Waals surface area contributed by atoms with E-state index in [2.05, 4.69) is 10.3 Å². The molecular weight excluding hydrogens is 216 g/mol. The Hall–Kier alpha value is -1.72. The van der Waals surface area contributed by atoms with Crippen molar-refractivity contribution in [1.82, 2.24) is 15.0 Å². The normalized spacial score (nSPS) is 14.5. The van der Waals surface area contributed by atoms with Gasteiger partial charge in [-0.1, -0.05) is 30.3 Å². The maximum atomic E-state index is 10.4.